The Bertz CT molecular complexity index is 4280. The van der Waals surface area contributed by atoms with Gasteiger partial charge >= 0.3 is 17.9 Å². The number of esters is 1. The van der Waals surface area contributed by atoms with E-state index in [2.05, 4.69) is 36.0 Å². The van der Waals surface area contributed by atoms with Gasteiger partial charge in [0.15, 0.2) is 51.6 Å². The van der Waals surface area contributed by atoms with Gasteiger partial charge in [0.25, 0.3) is 0 Å². The topological polar surface area (TPSA) is 243 Å². The average molecular weight is 1390 g/mol. The smallest absolute Gasteiger partial charge is 0.361 e. The lowest BCUT2D eigenvalue weighted by Crippen LogP contribution is -2.19. The Labute approximate surface area is 557 Å². The molecule has 0 bridgehead atoms. The monoisotopic (exact) mass is 1390 g/mol. The van der Waals surface area contributed by atoms with Gasteiger partial charge in [0.2, 0.25) is 17.1 Å². The van der Waals surface area contributed by atoms with Crippen molar-refractivity contribution in [2.75, 3.05) is 20.8 Å². The highest BCUT2D eigenvalue weighted by Gasteiger charge is 2.31. The van der Waals surface area contributed by atoms with Crippen molar-refractivity contribution in [2.24, 2.45) is 0 Å². The van der Waals surface area contributed by atoms with E-state index < -0.39 is 70.5 Å². The Kier molecular flexibility index (Phi) is 23.2. The number of aromatic amines is 1. The predicted molar refractivity (Wildman–Crippen MR) is 339 cm³/mol. The van der Waals surface area contributed by atoms with Crippen LogP contribution in [0.5, 0.6) is 11.5 Å². The molecule has 0 radical (unpaired) electrons. The summed E-state index contributed by atoms with van der Waals surface area (Å²) in [5, 5.41) is 55.2. The van der Waals surface area contributed by atoms with Crippen LogP contribution < -0.4 is 9.47 Å². The van der Waals surface area contributed by atoms with Gasteiger partial charge in [-0.15, -0.1) is 43.9 Å². The number of aromatic nitrogens is 9. The number of hydrogen-bond donors (Lipinski definition) is 4. The number of benzene rings is 6. The summed E-state index contributed by atoms with van der Waals surface area (Å²) in [5.74, 6) is -8.01. The van der Waals surface area contributed by atoms with E-state index in [-0.39, 0.29) is 39.4 Å². The lowest BCUT2D eigenvalue weighted by atomic mass is 9.90. The zero-order chi connectivity index (χ0) is 68.3. The maximum atomic E-state index is 13.8. The van der Waals surface area contributed by atoms with Crippen molar-refractivity contribution >= 4 is 53.2 Å². The first-order valence-electron chi connectivity index (χ1n) is 30.4. The quantitative estimate of drug-likeness (QED) is 0.0519. The number of carbonyl (C=O) groups is 3. The number of fused-ring (bicyclic) bond motifs is 4. The van der Waals surface area contributed by atoms with Gasteiger partial charge in [-0.1, -0.05) is 46.5 Å². The molecule has 3 heterocycles. The number of thioether (sulfide) groups is 3. The second-order valence-corrected chi connectivity index (χ2v) is 26.7. The van der Waals surface area contributed by atoms with Crippen molar-refractivity contribution in [1.29, 1.82) is 0 Å². The summed E-state index contributed by atoms with van der Waals surface area (Å²) >= 11 is 4.14. The number of nitrogens with one attached hydrogen (secondary N) is 1. The number of aryl methyl sites for hydroxylation is 4. The predicted octanol–water partition coefficient (Wildman–Crippen LogP) is 12.6. The fraction of sp³-hybridized carbons (Fsp3) is 0.328. The van der Waals surface area contributed by atoms with Crippen LogP contribution in [0, 0.1) is 46.5 Å². The Morgan fingerprint density at radius 3 is 1.23 bits per heavy atom. The molecule has 13 rings (SSSR count). The standard InChI is InChI=1S/C23H23F2N3O3S.C21H19F2N3O3S.C13H11F2N3O2S.C10H10F2O/c1-3-31-23(29)21-22(28(27-26-21)13-14-4-7-17(30-2)8-5-14)32-18-9-6-15-11-19(24)20(25)12-16(15)10-18;1-29-15-5-2-12(3-6-15)11-26-20(19(21(27)28)24-25-26)30-16-7-4-13-9-17(22)18(23)10-14(13)8-16;14-9-4-6-1-2-8(3-7(6)5-10(9)15)21-12-11(13(19)20)16-18-17-12;11-9-4-6-1-2-8(13)3-7(6)5-10(9)12/h4-5,7-8,11-12,18H,3,6,9-10,13H2,1-2H3;2-3,5-6,9-10,16H,4,7-8,11H2,1H3,(H,27,28);4-5,8H,1-3H2,(H,19,20)(H,16,17,18);4-5,8,13H,1-3H2. The van der Waals surface area contributed by atoms with Crippen molar-refractivity contribution in [3.05, 3.63) is 216 Å². The minimum atomic E-state index is -1.15. The number of nitrogens with zero attached hydrogens (tertiary/aromatic N) is 8. The molecule has 0 amide bonds. The van der Waals surface area contributed by atoms with Gasteiger partial charge < -0.3 is 29.5 Å². The normalized spacial score (nSPS) is 16.7. The second-order valence-electron chi connectivity index (χ2n) is 22.8. The van der Waals surface area contributed by atoms with Crippen LogP contribution in [0.15, 0.2) is 112 Å². The molecule has 0 saturated heterocycles. The number of carbonyl (C=O) groups excluding carboxylic acids is 1. The Balaban J connectivity index is 0.000000145. The fourth-order valence-electron chi connectivity index (χ4n) is 11.4. The molecule has 4 unspecified atom stereocenters. The summed E-state index contributed by atoms with van der Waals surface area (Å²) in [5.41, 5.74) is 8.14. The first kappa shape index (κ1) is 70.0. The summed E-state index contributed by atoms with van der Waals surface area (Å²) in [4.78, 5) is 35.1. The highest BCUT2D eigenvalue weighted by Crippen LogP contribution is 2.39. The van der Waals surface area contributed by atoms with Gasteiger partial charge in [0.05, 0.1) is 40.0 Å². The highest BCUT2D eigenvalue weighted by molar-refractivity contribution is 8.00. The minimum Gasteiger partial charge on any atom is -0.497 e. The highest BCUT2D eigenvalue weighted by atomic mass is 32.2. The van der Waals surface area contributed by atoms with Gasteiger partial charge in [-0.25, -0.2) is 58.9 Å². The molecule has 29 heteroatoms. The van der Waals surface area contributed by atoms with Crippen molar-refractivity contribution in [3.63, 3.8) is 0 Å². The fourth-order valence-corrected chi connectivity index (χ4v) is 15.1. The minimum absolute atomic E-state index is 0.00794. The molecule has 3 aromatic heterocycles. The van der Waals surface area contributed by atoms with Crippen LogP contribution in [-0.2, 0) is 69.2 Å². The van der Waals surface area contributed by atoms with Crippen LogP contribution in [0.25, 0.3) is 0 Å². The average Bonchev–Trinajstić information content (AvgIpc) is 1.34. The van der Waals surface area contributed by atoms with E-state index in [1.165, 1.54) is 83.8 Å². The van der Waals surface area contributed by atoms with Gasteiger partial charge in [-0.2, -0.15) is 5.21 Å². The molecule has 9 aromatic rings. The van der Waals surface area contributed by atoms with E-state index in [0.717, 1.165) is 86.4 Å². The number of halogens is 8. The zero-order valence-corrected chi connectivity index (χ0v) is 54.2. The van der Waals surface area contributed by atoms with E-state index in [1.807, 2.05) is 48.5 Å². The van der Waals surface area contributed by atoms with Gasteiger partial charge in [0, 0.05) is 15.7 Å². The number of rotatable bonds is 16. The number of carboxylic acids is 2. The summed E-state index contributed by atoms with van der Waals surface area (Å²) in [6.45, 7) is 2.74. The molecule has 0 aliphatic heterocycles. The van der Waals surface area contributed by atoms with Crippen molar-refractivity contribution < 1.29 is 79.0 Å². The lowest BCUT2D eigenvalue weighted by molar-refractivity contribution is 0.0513. The summed E-state index contributed by atoms with van der Waals surface area (Å²) in [7, 11) is 3.19. The van der Waals surface area contributed by atoms with Crippen LogP contribution >= 0.6 is 35.3 Å². The molecule has 4 aliphatic carbocycles. The SMILES string of the molecule is CCOC(=O)c1nnn(Cc2ccc(OC)cc2)c1SC1CCc2cc(F)c(F)cc2C1.COc1ccc(Cn2nnc(C(=O)O)c2SC2CCc3cc(F)c(F)cc3C2)cc1.O=C(O)c1n[nH]nc1SC1CCc2cc(F)c(F)cc2C1.OC1CCc2cc(F)c(F)cc2C1. The van der Waals surface area contributed by atoms with Crippen LogP contribution in [0.3, 0.4) is 0 Å². The molecule has 96 heavy (non-hydrogen) atoms. The van der Waals surface area contributed by atoms with E-state index >= 15 is 0 Å². The second kappa shape index (κ2) is 31.8. The number of carboxylic acid groups (broad SMARTS) is 2. The van der Waals surface area contributed by atoms with Gasteiger partial charge in [-0.05, 0) is 212 Å². The van der Waals surface area contributed by atoms with Crippen LogP contribution in [0.2, 0.25) is 0 Å². The molecule has 0 spiro atoms. The molecule has 18 nitrogen and oxygen atoms in total. The van der Waals surface area contributed by atoms with Crippen LogP contribution in [-0.4, -0.2) is 121 Å². The summed E-state index contributed by atoms with van der Waals surface area (Å²) in [6, 6.07) is 24.9. The molecule has 504 valence electrons. The molecule has 4 atom stereocenters. The van der Waals surface area contributed by atoms with Crippen LogP contribution in [0.4, 0.5) is 35.1 Å². The number of aliphatic hydroxyl groups excluding tert-OH is 1. The maximum absolute atomic E-state index is 13.8. The van der Waals surface area contributed by atoms with Crippen molar-refractivity contribution in [3.8, 4) is 11.5 Å². The molecule has 6 aromatic carbocycles. The third-order valence-electron chi connectivity index (χ3n) is 16.3. The number of hydrogen-bond acceptors (Lipinski definition) is 16. The van der Waals surface area contributed by atoms with Gasteiger partial charge in [-0.3, -0.25) is 0 Å². The van der Waals surface area contributed by atoms with E-state index in [9.17, 15) is 59.7 Å². The zero-order valence-electron chi connectivity index (χ0n) is 51.8. The third kappa shape index (κ3) is 17.4. The Hall–Kier alpha value is -8.80. The molecule has 4 aliphatic rings. The number of aliphatic hydroxyl groups is 1. The number of H-pyrrole nitrogens is 1. The summed E-state index contributed by atoms with van der Waals surface area (Å²) in [6.07, 6.45) is 7.02. The lowest BCUT2D eigenvalue weighted by Gasteiger charge is -2.24. The Morgan fingerprint density at radius 1 is 0.490 bits per heavy atom. The first-order valence-corrected chi connectivity index (χ1v) is 33.0. The Morgan fingerprint density at radius 2 is 0.844 bits per heavy atom. The first-order chi connectivity index (χ1) is 46.1. The van der Waals surface area contributed by atoms with Crippen molar-refractivity contribution in [2.45, 2.75) is 134 Å². The van der Waals surface area contributed by atoms with E-state index in [0.29, 0.717) is 86.0 Å². The van der Waals surface area contributed by atoms with Gasteiger partial charge in [0.1, 0.15) is 21.6 Å². The molecule has 0 saturated carbocycles. The largest absolute Gasteiger partial charge is 0.497 e. The molecular formula is C67H63F8N9O9S3. The van der Waals surface area contributed by atoms with E-state index in [4.69, 9.17) is 19.3 Å². The van der Waals surface area contributed by atoms with Crippen molar-refractivity contribution in [1.82, 2.24) is 45.4 Å². The van der Waals surface area contributed by atoms with E-state index in [1.54, 1.807) is 30.5 Å². The molecular weight excluding hydrogens is 1320 g/mol. The molecule has 4 N–H and O–H groups in total. The maximum Gasteiger partial charge on any atom is 0.361 e. The number of methoxy groups -OCH3 is 2. The number of ether oxygens (including phenoxy) is 3. The third-order valence-corrected chi connectivity index (χ3v) is 20.3. The van der Waals surface area contributed by atoms with Crippen LogP contribution in [0.1, 0.15) is 120 Å². The summed E-state index contributed by atoms with van der Waals surface area (Å²) < 4.78 is 125. The number of aromatic carboxylic acids is 2. The molecule has 0 fully saturated rings.